The fourth-order valence-corrected chi connectivity index (χ4v) is 3.60. The number of nitrogens with zero attached hydrogens (tertiary/aromatic N) is 3. The van der Waals surface area contributed by atoms with Crippen molar-refractivity contribution in [1.29, 1.82) is 0 Å². The maximum Gasteiger partial charge on any atom is 0.257 e. The van der Waals surface area contributed by atoms with Gasteiger partial charge in [0.15, 0.2) is 0 Å². The fraction of sp³-hybridized carbons (Fsp3) is 0.312. The average Bonchev–Trinajstić information content (AvgIpc) is 3.28. The lowest BCUT2D eigenvalue weighted by Crippen LogP contribution is -2.11. The fourth-order valence-electron chi connectivity index (χ4n) is 2.78. The summed E-state index contributed by atoms with van der Waals surface area (Å²) in [7, 11) is 1.98. The van der Waals surface area contributed by atoms with E-state index in [0.29, 0.717) is 10.7 Å². The first kappa shape index (κ1) is 14.3. The SMILES string of the molecule is Cn1ccc2cc(C(=O)Nc3nnc([C@@H]4CCCO4)s3)ccc21. The largest absolute Gasteiger partial charge is 0.371 e. The number of aryl methyl sites for hydroxylation is 1. The van der Waals surface area contributed by atoms with Crippen LogP contribution in [0.2, 0.25) is 0 Å². The molecule has 1 fully saturated rings. The summed E-state index contributed by atoms with van der Waals surface area (Å²) < 4.78 is 7.61. The van der Waals surface area contributed by atoms with Gasteiger partial charge in [0, 0.05) is 36.3 Å². The molecule has 0 saturated carbocycles. The summed E-state index contributed by atoms with van der Waals surface area (Å²) in [5, 5.41) is 13.4. The van der Waals surface area contributed by atoms with Gasteiger partial charge in [-0.1, -0.05) is 11.3 Å². The first-order valence-corrected chi connectivity index (χ1v) is 8.34. The minimum absolute atomic E-state index is 0.0267. The van der Waals surface area contributed by atoms with E-state index in [2.05, 4.69) is 15.5 Å². The zero-order valence-electron chi connectivity index (χ0n) is 12.7. The molecule has 1 N–H and O–H groups in total. The normalized spacial score (nSPS) is 17.7. The van der Waals surface area contributed by atoms with Gasteiger partial charge in [0.25, 0.3) is 5.91 Å². The molecule has 7 heteroatoms. The average molecular weight is 328 g/mol. The Morgan fingerprint density at radius 3 is 3.13 bits per heavy atom. The van der Waals surface area contributed by atoms with Gasteiger partial charge in [0.1, 0.15) is 11.1 Å². The second-order valence-corrected chi connectivity index (χ2v) is 6.61. The van der Waals surface area contributed by atoms with Gasteiger partial charge in [-0.2, -0.15) is 0 Å². The lowest BCUT2D eigenvalue weighted by atomic mass is 10.1. The number of carbonyl (C=O) groups is 1. The van der Waals surface area contributed by atoms with Gasteiger partial charge >= 0.3 is 0 Å². The van der Waals surface area contributed by atoms with Crippen LogP contribution < -0.4 is 5.32 Å². The number of fused-ring (bicyclic) bond motifs is 1. The van der Waals surface area contributed by atoms with Gasteiger partial charge in [-0.05, 0) is 37.1 Å². The highest BCUT2D eigenvalue weighted by Crippen LogP contribution is 2.32. The van der Waals surface area contributed by atoms with E-state index in [1.807, 2.05) is 42.1 Å². The van der Waals surface area contributed by atoms with E-state index in [0.717, 1.165) is 35.4 Å². The van der Waals surface area contributed by atoms with Gasteiger partial charge in [0.05, 0.1) is 0 Å². The summed E-state index contributed by atoms with van der Waals surface area (Å²) in [5.74, 6) is -0.175. The Morgan fingerprint density at radius 1 is 1.39 bits per heavy atom. The Labute approximate surface area is 137 Å². The minimum Gasteiger partial charge on any atom is -0.371 e. The van der Waals surface area contributed by atoms with Crippen molar-refractivity contribution in [3.05, 3.63) is 41.0 Å². The van der Waals surface area contributed by atoms with Crippen molar-refractivity contribution in [2.75, 3.05) is 11.9 Å². The first-order chi connectivity index (χ1) is 11.2. The van der Waals surface area contributed by atoms with Crippen LogP contribution in [-0.2, 0) is 11.8 Å². The van der Waals surface area contributed by atoms with Crippen LogP contribution in [0.15, 0.2) is 30.5 Å². The van der Waals surface area contributed by atoms with E-state index in [-0.39, 0.29) is 12.0 Å². The maximum absolute atomic E-state index is 12.4. The molecule has 1 atom stereocenters. The Hall–Kier alpha value is -2.25. The third-order valence-corrected chi connectivity index (χ3v) is 4.94. The number of carbonyl (C=O) groups excluding carboxylic acids is 1. The van der Waals surface area contributed by atoms with Crippen molar-refractivity contribution in [3.63, 3.8) is 0 Å². The van der Waals surface area contributed by atoms with Crippen LogP contribution in [-0.4, -0.2) is 27.3 Å². The third-order valence-electron chi connectivity index (χ3n) is 4.01. The molecule has 1 aliphatic rings. The lowest BCUT2D eigenvalue weighted by Gasteiger charge is -2.03. The maximum atomic E-state index is 12.4. The number of hydrogen-bond donors (Lipinski definition) is 1. The molecule has 0 aliphatic carbocycles. The summed E-state index contributed by atoms with van der Waals surface area (Å²) in [6.45, 7) is 0.767. The molecule has 0 unspecified atom stereocenters. The van der Waals surface area contributed by atoms with E-state index in [1.54, 1.807) is 0 Å². The molecule has 0 radical (unpaired) electrons. The highest BCUT2D eigenvalue weighted by molar-refractivity contribution is 7.15. The molecule has 0 bridgehead atoms. The van der Waals surface area contributed by atoms with Crippen LogP contribution in [0.25, 0.3) is 10.9 Å². The molecule has 3 heterocycles. The molecular weight excluding hydrogens is 312 g/mol. The molecule has 118 valence electrons. The topological polar surface area (TPSA) is 69.0 Å². The molecule has 23 heavy (non-hydrogen) atoms. The Bertz CT molecular complexity index is 864. The van der Waals surface area contributed by atoms with Crippen LogP contribution in [0.1, 0.15) is 34.3 Å². The predicted octanol–water partition coefficient (Wildman–Crippen LogP) is 3.13. The molecule has 0 spiro atoms. The van der Waals surface area contributed by atoms with Gasteiger partial charge in [-0.15, -0.1) is 10.2 Å². The van der Waals surface area contributed by atoms with Crippen molar-refractivity contribution in [3.8, 4) is 0 Å². The van der Waals surface area contributed by atoms with E-state index < -0.39 is 0 Å². The second-order valence-electron chi connectivity index (χ2n) is 5.60. The van der Waals surface area contributed by atoms with E-state index in [9.17, 15) is 4.79 Å². The van der Waals surface area contributed by atoms with Crippen LogP contribution >= 0.6 is 11.3 Å². The van der Waals surface area contributed by atoms with Gasteiger partial charge in [0.2, 0.25) is 5.13 Å². The van der Waals surface area contributed by atoms with Crippen molar-refractivity contribution >= 4 is 33.3 Å². The van der Waals surface area contributed by atoms with Crippen molar-refractivity contribution in [1.82, 2.24) is 14.8 Å². The van der Waals surface area contributed by atoms with Crippen molar-refractivity contribution in [2.24, 2.45) is 7.05 Å². The second kappa shape index (κ2) is 5.75. The molecule has 1 saturated heterocycles. The van der Waals surface area contributed by atoms with Gasteiger partial charge in [-0.3, -0.25) is 10.1 Å². The number of anilines is 1. The van der Waals surface area contributed by atoms with Gasteiger partial charge < -0.3 is 9.30 Å². The zero-order chi connectivity index (χ0) is 15.8. The summed E-state index contributed by atoms with van der Waals surface area (Å²) in [6.07, 6.45) is 4.01. The predicted molar refractivity (Wildman–Crippen MR) is 88.7 cm³/mol. The molecule has 1 aromatic carbocycles. The summed E-state index contributed by atoms with van der Waals surface area (Å²) >= 11 is 1.38. The first-order valence-electron chi connectivity index (χ1n) is 7.52. The Morgan fingerprint density at radius 2 is 2.30 bits per heavy atom. The number of ether oxygens (including phenoxy) is 1. The number of amides is 1. The lowest BCUT2D eigenvalue weighted by molar-refractivity contribution is 0.102. The van der Waals surface area contributed by atoms with E-state index in [4.69, 9.17) is 4.74 Å². The summed E-state index contributed by atoms with van der Waals surface area (Å²) in [4.78, 5) is 12.4. The van der Waals surface area contributed by atoms with Crippen molar-refractivity contribution < 1.29 is 9.53 Å². The monoisotopic (exact) mass is 328 g/mol. The van der Waals surface area contributed by atoms with Crippen LogP contribution in [0.3, 0.4) is 0 Å². The zero-order valence-corrected chi connectivity index (χ0v) is 13.5. The number of hydrogen-bond acceptors (Lipinski definition) is 5. The van der Waals surface area contributed by atoms with Crippen molar-refractivity contribution in [2.45, 2.75) is 18.9 Å². The summed E-state index contributed by atoms with van der Waals surface area (Å²) in [5.41, 5.74) is 1.70. The number of rotatable bonds is 3. The number of aromatic nitrogens is 3. The molecule has 1 amide bonds. The molecular formula is C16H16N4O2S. The van der Waals surface area contributed by atoms with Crippen LogP contribution in [0, 0.1) is 0 Å². The number of nitrogens with one attached hydrogen (secondary N) is 1. The molecule has 6 nitrogen and oxygen atoms in total. The molecule has 4 rings (SSSR count). The van der Waals surface area contributed by atoms with Crippen LogP contribution in [0.5, 0.6) is 0 Å². The van der Waals surface area contributed by atoms with Crippen LogP contribution in [0.4, 0.5) is 5.13 Å². The highest BCUT2D eigenvalue weighted by atomic mass is 32.1. The number of benzene rings is 1. The molecule has 1 aliphatic heterocycles. The third kappa shape index (κ3) is 2.73. The Balaban J connectivity index is 1.52. The van der Waals surface area contributed by atoms with E-state index >= 15 is 0 Å². The Kier molecular flexibility index (Phi) is 3.59. The van der Waals surface area contributed by atoms with Gasteiger partial charge in [-0.25, -0.2) is 0 Å². The minimum atomic E-state index is -0.175. The quantitative estimate of drug-likeness (QED) is 0.802. The highest BCUT2D eigenvalue weighted by Gasteiger charge is 2.22. The summed E-state index contributed by atoms with van der Waals surface area (Å²) in [6, 6.07) is 7.64. The molecule has 3 aromatic rings. The molecule has 2 aromatic heterocycles. The van der Waals surface area contributed by atoms with E-state index in [1.165, 1.54) is 11.3 Å². The standard InChI is InChI=1S/C16H16N4O2S/c1-20-7-6-10-9-11(4-5-12(10)20)14(21)17-16-19-18-15(23-16)13-3-2-8-22-13/h4-7,9,13H,2-3,8H2,1H3,(H,17,19,21)/t13-/m0/s1. The smallest absolute Gasteiger partial charge is 0.257 e.